The van der Waals surface area contributed by atoms with Crippen LogP contribution in [0, 0.1) is 0 Å². The van der Waals surface area contributed by atoms with E-state index in [1.807, 2.05) is 78.9 Å². The molecule has 0 unspecified atom stereocenters. The summed E-state index contributed by atoms with van der Waals surface area (Å²) in [6.07, 6.45) is 0. The fraction of sp³-hybridized carbons (Fsp3) is 0.0417. The Kier molecular flexibility index (Phi) is 5.29. The van der Waals surface area contributed by atoms with Crippen molar-refractivity contribution in [1.82, 2.24) is 9.97 Å². The standard InChI is InChI=1S/C24H20N4O/c1-17(29)18-12-14-21(15-13-18)26-24-27-22(19-8-4-2-5-9-19)16-23(28-24)25-20-10-6-3-7-11-20/h2-16H,1H3,(H2,25,26,27,28). The average molecular weight is 380 g/mol. The van der Waals surface area contributed by atoms with Gasteiger partial charge in [0.15, 0.2) is 5.78 Å². The van der Waals surface area contributed by atoms with E-state index in [0.717, 1.165) is 22.6 Å². The zero-order chi connectivity index (χ0) is 20.1. The van der Waals surface area contributed by atoms with Crippen molar-refractivity contribution in [1.29, 1.82) is 0 Å². The zero-order valence-corrected chi connectivity index (χ0v) is 16.0. The molecule has 3 aromatic carbocycles. The van der Waals surface area contributed by atoms with Gasteiger partial charge in [-0.25, -0.2) is 4.98 Å². The third-order valence-corrected chi connectivity index (χ3v) is 4.39. The Bertz CT molecular complexity index is 1110. The third kappa shape index (κ3) is 4.65. The minimum Gasteiger partial charge on any atom is -0.340 e. The maximum Gasteiger partial charge on any atom is 0.229 e. The fourth-order valence-electron chi connectivity index (χ4n) is 2.91. The summed E-state index contributed by atoms with van der Waals surface area (Å²) in [4.78, 5) is 20.8. The molecule has 0 atom stereocenters. The van der Waals surface area contributed by atoms with Crippen LogP contribution in [0.5, 0.6) is 0 Å². The van der Waals surface area contributed by atoms with Crippen LogP contribution >= 0.6 is 0 Å². The molecule has 29 heavy (non-hydrogen) atoms. The number of carbonyl (C=O) groups excluding carboxylic acids is 1. The van der Waals surface area contributed by atoms with Crippen molar-refractivity contribution >= 4 is 28.9 Å². The van der Waals surface area contributed by atoms with E-state index < -0.39 is 0 Å². The Hall–Kier alpha value is -3.99. The zero-order valence-electron chi connectivity index (χ0n) is 16.0. The molecule has 0 saturated heterocycles. The first-order valence-electron chi connectivity index (χ1n) is 9.32. The summed E-state index contributed by atoms with van der Waals surface area (Å²) in [5, 5.41) is 6.56. The molecule has 1 aromatic heterocycles. The molecule has 2 N–H and O–H groups in total. The number of nitrogens with zero attached hydrogens (tertiary/aromatic N) is 2. The van der Waals surface area contributed by atoms with Gasteiger partial charge in [0.2, 0.25) is 5.95 Å². The lowest BCUT2D eigenvalue weighted by Gasteiger charge is -2.12. The molecule has 4 aromatic rings. The highest BCUT2D eigenvalue weighted by atomic mass is 16.1. The molecular formula is C24H20N4O. The summed E-state index contributed by atoms with van der Waals surface area (Å²) >= 11 is 0. The second-order valence-corrected chi connectivity index (χ2v) is 6.58. The normalized spacial score (nSPS) is 10.4. The van der Waals surface area contributed by atoms with Gasteiger partial charge in [-0.05, 0) is 43.3 Å². The van der Waals surface area contributed by atoms with Crippen LogP contribution in [0.15, 0.2) is 91.0 Å². The Morgan fingerprint density at radius 3 is 2.00 bits per heavy atom. The fourth-order valence-corrected chi connectivity index (χ4v) is 2.91. The quantitative estimate of drug-likeness (QED) is 0.412. The SMILES string of the molecule is CC(=O)c1ccc(Nc2nc(Nc3ccccc3)cc(-c3ccccc3)n2)cc1. The van der Waals surface area contributed by atoms with Crippen LogP contribution in [-0.4, -0.2) is 15.8 Å². The van der Waals surface area contributed by atoms with Gasteiger partial charge in [-0.15, -0.1) is 0 Å². The highest BCUT2D eigenvalue weighted by Gasteiger charge is 2.08. The van der Waals surface area contributed by atoms with Crippen molar-refractivity contribution in [3.63, 3.8) is 0 Å². The van der Waals surface area contributed by atoms with Crippen LogP contribution in [0.3, 0.4) is 0 Å². The first kappa shape index (κ1) is 18.4. The molecule has 0 fully saturated rings. The monoisotopic (exact) mass is 380 g/mol. The molecule has 0 amide bonds. The Labute approximate surface area is 169 Å². The predicted octanol–water partition coefficient (Wildman–Crippen LogP) is 5.83. The Morgan fingerprint density at radius 2 is 1.34 bits per heavy atom. The van der Waals surface area contributed by atoms with Gasteiger partial charge in [0.05, 0.1) is 5.69 Å². The van der Waals surface area contributed by atoms with Crippen molar-refractivity contribution in [2.24, 2.45) is 0 Å². The first-order valence-corrected chi connectivity index (χ1v) is 9.32. The van der Waals surface area contributed by atoms with Crippen LogP contribution < -0.4 is 10.6 Å². The van der Waals surface area contributed by atoms with Gasteiger partial charge in [0.1, 0.15) is 5.82 Å². The second-order valence-electron chi connectivity index (χ2n) is 6.58. The van der Waals surface area contributed by atoms with E-state index in [4.69, 9.17) is 0 Å². The smallest absolute Gasteiger partial charge is 0.229 e. The maximum absolute atomic E-state index is 11.5. The van der Waals surface area contributed by atoms with Crippen molar-refractivity contribution in [2.45, 2.75) is 6.92 Å². The highest BCUT2D eigenvalue weighted by molar-refractivity contribution is 5.94. The number of benzene rings is 3. The third-order valence-electron chi connectivity index (χ3n) is 4.39. The summed E-state index contributed by atoms with van der Waals surface area (Å²) in [5.41, 5.74) is 4.23. The minimum atomic E-state index is 0.0354. The van der Waals surface area contributed by atoms with E-state index in [0.29, 0.717) is 17.3 Å². The van der Waals surface area contributed by atoms with Crippen molar-refractivity contribution in [3.05, 3.63) is 96.6 Å². The number of anilines is 4. The molecule has 0 aliphatic carbocycles. The molecule has 0 radical (unpaired) electrons. The predicted molar refractivity (Wildman–Crippen MR) is 117 cm³/mol. The van der Waals surface area contributed by atoms with Gasteiger partial charge >= 0.3 is 0 Å². The highest BCUT2D eigenvalue weighted by Crippen LogP contribution is 2.25. The Balaban J connectivity index is 1.68. The van der Waals surface area contributed by atoms with Crippen LogP contribution in [0.1, 0.15) is 17.3 Å². The van der Waals surface area contributed by atoms with Gasteiger partial charge in [-0.2, -0.15) is 4.98 Å². The number of Topliss-reactive ketones (excluding diaryl/α,β-unsaturated/α-hetero) is 1. The average Bonchev–Trinajstić information content (AvgIpc) is 2.75. The van der Waals surface area contributed by atoms with E-state index >= 15 is 0 Å². The van der Waals surface area contributed by atoms with E-state index in [1.54, 1.807) is 19.1 Å². The van der Waals surface area contributed by atoms with Crippen LogP contribution in [0.4, 0.5) is 23.1 Å². The number of para-hydroxylation sites is 1. The van der Waals surface area contributed by atoms with Crippen LogP contribution in [-0.2, 0) is 0 Å². The molecule has 0 aliphatic heterocycles. The summed E-state index contributed by atoms with van der Waals surface area (Å²) in [6.45, 7) is 1.55. The molecule has 1 heterocycles. The van der Waals surface area contributed by atoms with E-state index in [1.165, 1.54) is 0 Å². The van der Waals surface area contributed by atoms with E-state index in [9.17, 15) is 4.79 Å². The molecule has 0 bridgehead atoms. The Morgan fingerprint density at radius 1 is 0.724 bits per heavy atom. The number of aromatic nitrogens is 2. The molecule has 5 nitrogen and oxygen atoms in total. The topological polar surface area (TPSA) is 66.9 Å². The summed E-state index contributed by atoms with van der Waals surface area (Å²) < 4.78 is 0. The molecule has 4 rings (SSSR count). The number of ketones is 1. The second kappa shape index (κ2) is 8.35. The molecule has 0 aliphatic rings. The maximum atomic E-state index is 11.5. The number of carbonyl (C=O) groups is 1. The summed E-state index contributed by atoms with van der Waals surface area (Å²) in [6, 6.07) is 29.0. The van der Waals surface area contributed by atoms with Gasteiger partial charge in [-0.3, -0.25) is 4.79 Å². The lowest BCUT2D eigenvalue weighted by molar-refractivity contribution is 0.101. The van der Waals surface area contributed by atoms with Gasteiger partial charge in [0.25, 0.3) is 0 Å². The largest absolute Gasteiger partial charge is 0.340 e. The number of rotatable bonds is 6. The molecular weight excluding hydrogens is 360 g/mol. The molecule has 142 valence electrons. The lowest BCUT2D eigenvalue weighted by Crippen LogP contribution is -2.03. The van der Waals surface area contributed by atoms with Crippen LogP contribution in [0.25, 0.3) is 11.3 Å². The number of hydrogen-bond acceptors (Lipinski definition) is 5. The van der Waals surface area contributed by atoms with Crippen molar-refractivity contribution in [3.8, 4) is 11.3 Å². The van der Waals surface area contributed by atoms with Gasteiger partial charge < -0.3 is 10.6 Å². The van der Waals surface area contributed by atoms with Gasteiger partial charge in [-0.1, -0.05) is 48.5 Å². The van der Waals surface area contributed by atoms with Crippen molar-refractivity contribution < 1.29 is 4.79 Å². The van der Waals surface area contributed by atoms with E-state index in [-0.39, 0.29) is 5.78 Å². The molecule has 5 heteroatoms. The van der Waals surface area contributed by atoms with Gasteiger partial charge in [0, 0.05) is 28.6 Å². The lowest BCUT2D eigenvalue weighted by atomic mass is 10.1. The van der Waals surface area contributed by atoms with Crippen molar-refractivity contribution in [2.75, 3.05) is 10.6 Å². The molecule has 0 spiro atoms. The summed E-state index contributed by atoms with van der Waals surface area (Å²) in [5.74, 6) is 1.20. The number of nitrogens with one attached hydrogen (secondary N) is 2. The number of hydrogen-bond donors (Lipinski definition) is 2. The summed E-state index contributed by atoms with van der Waals surface area (Å²) in [7, 11) is 0. The van der Waals surface area contributed by atoms with E-state index in [2.05, 4.69) is 20.6 Å². The molecule has 0 saturated carbocycles. The minimum absolute atomic E-state index is 0.0354. The first-order chi connectivity index (χ1) is 14.2. The van der Waals surface area contributed by atoms with Crippen LogP contribution in [0.2, 0.25) is 0 Å².